The molecule has 1 heterocycles. The number of amides is 1. The highest BCUT2D eigenvalue weighted by Gasteiger charge is 2.39. The maximum atomic E-state index is 12.7. The molecule has 1 aliphatic carbocycles. The maximum absolute atomic E-state index is 12.7. The second-order valence-electron chi connectivity index (χ2n) is 6.93. The Labute approximate surface area is 127 Å². The predicted molar refractivity (Wildman–Crippen MR) is 84.6 cm³/mol. The van der Waals surface area contributed by atoms with Gasteiger partial charge in [-0.1, -0.05) is 57.0 Å². The van der Waals surface area contributed by atoms with E-state index in [2.05, 4.69) is 48.3 Å². The van der Waals surface area contributed by atoms with E-state index in [1.807, 2.05) is 6.07 Å². The molecule has 114 valence electrons. The van der Waals surface area contributed by atoms with Crippen molar-refractivity contribution in [1.82, 2.24) is 10.2 Å². The van der Waals surface area contributed by atoms with Crippen LogP contribution in [0.5, 0.6) is 0 Å². The second-order valence-corrected chi connectivity index (χ2v) is 6.93. The monoisotopic (exact) mass is 286 g/mol. The van der Waals surface area contributed by atoms with Crippen LogP contribution in [0.15, 0.2) is 30.3 Å². The zero-order chi connectivity index (χ0) is 14.8. The van der Waals surface area contributed by atoms with Gasteiger partial charge in [-0.05, 0) is 30.2 Å². The Morgan fingerprint density at radius 1 is 1.24 bits per heavy atom. The Hall–Kier alpha value is -1.35. The van der Waals surface area contributed by atoms with Gasteiger partial charge in [0, 0.05) is 6.54 Å². The topological polar surface area (TPSA) is 32.3 Å². The molecule has 1 aromatic carbocycles. The van der Waals surface area contributed by atoms with Crippen molar-refractivity contribution in [3.8, 4) is 0 Å². The summed E-state index contributed by atoms with van der Waals surface area (Å²) in [4.78, 5) is 14.8. The molecule has 1 aromatic rings. The molecule has 0 aromatic heterocycles. The van der Waals surface area contributed by atoms with Crippen LogP contribution in [0.4, 0.5) is 0 Å². The summed E-state index contributed by atoms with van der Waals surface area (Å²) in [5.74, 6) is 1.68. The zero-order valence-electron chi connectivity index (χ0n) is 13.1. The van der Waals surface area contributed by atoms with Gasteiger partial charge in [0.05, 0.1) is 6.04 Å². The van der Waals surface area contributed by atoms with Crippen molar-refractivity contribution in [1.29, 1.82) is 0 Å². The first-order chi connectivity index (χ1) is 10.1. The third-order valence-electron chi connectivity index (χ3n) is 4.55. The summed E-state index contributed by atoms with van der Waals surface area (Å²) in [6, 6.07) is 10.3. The molecule has 0 radical (unpaired) electrons. The molecule has 1 amide bonds. The third kappa shape index (κ3) is 3.46. The minimum absolute atomic E-state index is 0.0191. The number of carbonyl (C=O) groups excluding carboxylic acids is 1. The molecule has 1 saturated heterocycles. The minimum atomic E-state index is -0.0191. The van der Waals surface area contributed by atoms with Crippen LogP contribution < -0.4 is 5.32 Å². The highest BCUT2D eigenvalue weighted by molar-refractivity contribution is 5.84. The summed E-state index contributed by atoms with van der Waals surface area (Å²) in [7, 11) is 0. The molecule has 2 atom stereocenters. The lowest BCUT2D eigenvalue weighted by atomic mass is 10.0. The average Bonchev–Trinajstić information content (AvgIpc) is 3.25. The molecule has 0 spiro atoms. The van der Waals surface area contributed by atoms with E-state index in [0.717, 1.165) is 25.3 Å². The lowest BCUT2D eigenvalue weighted by Crippen LogP contribution is -2.32. The van der Waals surface area contributed by atoms with E-state index < -0.39 is 0 Å². The molecule has 2 aliphatic rings. The molecule has 3 rings (SSSR count). The van der Waals surface area contributed by atoms with Gasteiger partial charge < -0.3 is 4.90 Å². The first kappa shape index (κ1) is 14.6. The van der Waals surface area contributed by atoms with Gasteiger partial charge in [-0.3, -0.25) is 10.1 Å². The van der Waals surface area contributed by atoms with Crippen molar-refractivity contribution >= 4 is 5.91 Å². The molecular weight excluding hydrogens is 260 g/mol. The van der Waals surface area contributed by atoms with Crippen LogP contribution in [0, 0.1) is 11.8 Å². The summed E-state index contributed by atoms with van der Waals surface area (Å²) in [5, 5.41) is 3.56. The van der Waals surface area contributed by atoms with Gasteiger partial charge in [0.1, 0.15) is 6.17 Å². The SMILES string of the molecule is CC(C)CC1NC(c2ccccc2)N(CCC2CC2)C1=O. The van der Waals surface area contributed by atoms with Crippen molar-refractivity contribution < 1.29 is 4.79 Å². The van der Waals surface area contributed by atoms with Gasteiger partial charge in [0.15, 0.2) is 0 Å². The molecule has 1 N–H and O–H groups in total. The van der Waals surface area contributed by atoms with Crippen LogP contribution in [-0.4, -0.2) is 23.4 Å². The van der Waals surface area contributed by atoms with Gasteiger partial charge >= 0.3 is 0 Å². The first-order valence-corrected chi connectivity index (χ1v) is 8.26. The van der Waals surface area contributed by atoms with Crippen LogP contribution in [0.3, 0.4) is 0 Å². The number of nitrogens with zero attached hydrogens (tertiary/aromatic N) is 1. The van der Waals surface area contributed by atoms with E-state index in [0.29, 0.717) is 11.8 Å². The van der Waals surface area contributed by atoms with Gasteiger partial charge in [0.25, 0.3) is 0 Å². The van der Waals surface area contributed by atoms with Gasteiger partial charge in [-0.15, -0.1) is 0 Å². The quantitative estimate of drug-likeness (QED) is 0.870. The van der Waals surface area contributed by atoms with Crippen molar-refractivity contribution in [2.24, 2.45) is 11.8 Å². The molecule has 0 bridgehead atoms. The average molecular weight is 286 g/mol. The number of carbonyl (C=O) groups is 1. The van der Waals surface area contributed by atoms with E-state index in [1.54, 1.807) is 0 Å². The molecule has 2 fully saturated rings. The normalized spacial score (nSPS) is 25.9. The fourth-order valence-corrected chi connectivity index (χ4v) is 3.20. The largest absolute Gasteiger partial charge is 0.322 e. The van der Waals surface area contributed by atoms with Crippen molar-refractivity contribution in [3.63, 3.8) is 0 Å². The van der Waals surface area contributed by atoms with Crippen LogP contribution in [0.1, 0.15) is 51.3 Å². The fourth-order valence-electron chi connectivity index (χ4n) is 3.20. The summed E-state index contributed by atoms with van der Waals surface area (Å²) in [6.07, 6.45) is 4.83. The summed E-state index contributed by atoms with van der Waals surface area (Å²) in [6.45, 7) is 5.25. The Morgan fingerprint density at radius 2 is 1.95 bits per heavy atom. The first-order valence-electron chi connectivity index (χ1n) is 8.26. The highest BCUT2D eigenvalue weighted by Crippen LogP contribution is 2.35. The van der Waals surface area contributed by atoms with Crippen LogP contribution in [-0.2, 0) is 4.79 Å². The second kappa shape index (κ2) is 6.18. The van der Waals surface area contributed by atoms with E-state index in [-0.39, 0.29) is 12.2 Å². The lowest BCUT2D eigenvalue weighted by Gasteiger charge is -2.24. The van der Waals surface area contributed by atoms with Crippen LogP contribution in [0.2, 0.25) is 0 Å². The fraction of sp³-hybridized carbons (Fsp3) is 0.611. The van der Waals surface area contributed by atoms with Gasteiger partial charge in [-0.2, -0.15) is 0 Å². The molecule has 2 unspecified atom stereocenters. The van der Waals surface area contributed by atoms with Crippen molar-refractivity contribution in [3.05, 3.63) is 35.9 Å². The number of rotatable bonds is 6. The van der Waals surface area contributed by atoms with E-state index in [9.17, 15) is 4.79 Å². The number of benzene rings is 1. The Bertz CT molecular complexity index is 481. The van der Waals surface area contributed by atoms with E-state index in [1.165, 1.54) is 18.4 Å². The van der Waals surface area contributed by atoms with Crippen molar-refractivity contribution in [2.75, 3.05) is 6.54 Å². The number of hydrogen-bond donors (Lipinski definition) is 1. The van der Waals surface area contributed by atoms with E-state index in [4.69, 9.17) is 0 Å². The van der Waals surface area contributed by atoms with Gasteiger partial charge in [-0.25, -0.2) is 0 Å². The molecular formula is C18H26N2O. The van der Waals surface area contributed by atoms with E-state index >= 15 is 0 Å². The zero-order valence-corrected chi connectivity index (χ0v) is 13.1. The van der Waals surface area contributed by atoms with Gasteiger partial charge in [0.2, 0.25) is 5.91 Å². The maximum Gasteiger partial charge on any atom is 0.241 e. The smallest absolute Gasteiger partial charge is 0.241 e. The molecule has 3 nitrogen and oxygen atoms in total. The molecule has 21 heavy (non-hydrogen) atoms. The summed E-state index contributed by atoms with van der Waals surface area (Å²) >= 11 is 0. The molecule has 1 aliphatic heterocycles. The van der Waals surface area contributed by atoms with Crippen molar-refractivity contribution in [2.45, 2.75) is 51.7 Å². The standard InChI is InChI=1S/C18H26N2O/c1-13(2)12-16-18(21)20(11-10-14-8-9-14)17(19-16)15-6-4-3-5-7-15/h3-7,13-14,16-17,19H,8-12H2,1-2H3. The Balaban J connectivity index is 1.75. The predicted octanol–water partition coefficient (Wildman–Crippen LogP) is 3.33. The number of hydrogen-bond acceptors (Lipinski definition) is 2. The summed E-state index contributed by atoms with van der Waals surface area (Å²) < 4.78 is 0. The summed E-state index contributed by atoms with van der Waals surface area (Å²) in [5.41, 5.74) is 1.20. The minimum Gasteiger partial charge on any atom is -0.322 e. The Morgan fingerprint density at radius 3 is 2.57 bits per heavy atom. The van der Waals surface area contributed by atoms with Crippen LogP contribution >= 0.6 is 0 Å². The highest BCUT2D eigenvalue weighted by atomic mass is 16.2. The van der Waals surface area contributed by atoms with Crippen LogP contribution in [0.25, 0.3) is 0 Å². The number of nitrogens with one attached hydrogen (secondary N) is 1. The third-order valence-corrected chi connectivity index (χ3v) is 4.55. The Kier molecular flexibility index (Phi) is 4.29. The molecule has 1 saturated carbocycles. The lowest BCUT2D eigenvalue weighted by molar-refractivity contribution is -0.130. The molecule has 3 heteroatoms.